The van der Waals surface area contributed by atoms with Crippen LogP contribution in [0.4, 0.5) is 4.79 Å². The van der Waals surface area contributed by atoms with E-state index in [-0.39, 0.29) is 12.6 Å². The Kier molecular flexibility index (Phi) is 6.24. The average Bonchev–Trinajstić information content (AvgIpc) is 2.28. The molecule has 102 valence electrons. The van der Waals surface area contributed by atoms with Crippen molar-refractivity contribution in [3.63, 3.8) is 0 Å². The first-order valence-corrected chi connectivity index (χ1v) is 6.06. The van der Waals surface area contributed by atoms with Crippen molar-refractivity contribution in [3.8, 4) is 12.3 Å². The van der Waals surface area contributed by atoms with Gasteiger partial charge in [0.1, 0.15) is 5.54 Å². The molecule has 0 aliphatic carbocycles. The second-order valence-corrected chi connectivity index (χ2v) is 4.52. The number of hydrogen-bond acceptors (Lipinski definition) is 2. The Bertz CT molecular complexity index is 345. The van der Waals surface area contributed by atoms with Crippen LogP contribution in [0.25, 0.3) is 0 Å². The maximum Gasteiger partial charge on any atom is 0.329 e. The van der Waals surface area contributed by atoms with Crippen LogP contribution in [0.1, 0.15) is 34.1 Å². The largest absolute Gasteiger partial charge is 0.480 e. The molecule has 0 unspecified atom stereocenters. The van der Waals surface area contributed by atoms with E-state index in [1.54, 1.807) is 6.92 Å². The monoisotopic (exact) mass is 254 g/mol. The molecule has 0 atom stereocenters. The summed E-state index contributed by atoms with van der Waals surface area (Å²) in [5.41, 5.74) is -1.24. The van der Waals surface area contributed by atoms with Crippen molar-refractivity contribution >= 4 is 12.0 Å². The van der Waals surface area contributed by atoms with E-state index < -0.39 is 11.5 Å². The van der Waals surface area contributed by atoms with Crippen LogP contribution in [-0.4, -0.2) is 52.1 Å². The number of carbonyl (C=O) groups excluding carboxylic acids is 1. The van der Waals surface area contributed by atoms with Gasteiger partial charge in [0.2, 0.25) is 0 Å². The maximum absolute atomic E-state index is 12.3. The third-order valence-corrected chi connectivity index (χ3v) is 2.79. The van der Waals surface area contributed by atoms with E-state index in [1.165, 1.54) is 23.6 Å². The van der Waals surface area contributed by atoms with E-state index in [9.17, 15) is 14.7 Å². The quantitative estimate of drug-likeness (QED) is 0.733. The Hall–Kier alpha value is -1.70. The van der Waals surface area contributed by atoms with Crippen molar-refractivity contribution in [3.05, 3.63) is 0 Å². The van der Waals surface area contributed by atoms with Gasteiger partial charge in [0, 0.05) is 13.1 Å². The number of hydrogen-bond donors (Lipinski definition) is 1. The summed E-state index contributed by atoms with van der Waals surface area (Å²) in [5, 5.41) is 9.18. The molecular formula is C13H22N2O3. The summed E-state index contributed by atoms with van der Waals surface area (Å²) >= 11 is 0. The zero-order valence-electron chi connectivity index (χ0n) is 11.6. The summed E-state index contributed by atoms with van der Waals surface area (Å²) in [6.45, 7) is 7.75. The summed E-state index contributed by atoms with van der Waals surface area (Å²) in [4.78, 5) is 26.3. The third-order valence-electron chi connectivity index (χ3n) is 2.79. The van der Waals surface area contributed by atoms with Crippen LogP contribution in [0.2, 0.25) is 0 Å². The van der Waals surface area contributed by atoms with Crippen LogP contribution in [0.15, 0.2) is 0 Å². The van der Waals surface area contributed by atoms with Crippen LogP contribution in [0, 0.1) is 12.3 Å². The SMILES string of the molecule is C#CCN(CCC)C(=O)N(CC)C(C)(C)C(=O)O. The van der Waals surface area contributed by atoms with Gasteiger partial charge in [-0.1, -0.05) is 12.8 Å². The van der Waals surface area contributed by atoms with Crippen molar-refractivity contribution in [2.45, 2.75) is 39.7 Å². The van der Waals surface area contributed by atoms with Gasteiger partial charge >= 0.3 is 12.0 Å². The van der Waals surface area contributed by atoms with Crippen LogP contribution in [0.5, 0.6) is 0 Å². The molecule has 0 saturated carbocycles. The number of amides is 2. The number of likely N-dealkylation sites (N-methyl/N-ethyl adjacent to an activating group) is 1. The summed E-state index contributed by atoms with van der Waals surface area (Å²) in [5.74, 6) is 1.39. The minimum Gasteiger partial charge on any atom is -0.480 e. The molecule has 0 aliphatic rings. The highest BCUT2D eigenvalue weighted by Crippen LogP contribution is 2.17. The van der Waals surface area contributed by atoms with Gasteiger partial charge in [-0.15, -0.1) is 6.42 Å². The first-order chi connectivity index (χ1) is 8.32. The highest BCUT2D eigenvalue weighted by Gasteiger charge is 2.38. The van der Waals surface area contributed by atoms with E-state index >= 15 is 0 Å². The molecule has 18 heavy (non-hydrogen) atoms. The van der Waals surface area contributed by atoms with Crippen molar-refractivity contribution in [1.29, 1.82) is 0 Å². The van der Waals surface area contributed by atoms with E-state index in [1.807, 2.05) is 6.92 Å². The predicted molar refractivity (Wildman–Crippen MR) is 70.2 cm³/mol. The summed E-state index contributed by atoms with van der Waals surface area (Å²) < 4.78 is 0. The Morgan fingerprint density at radius 1 is 1.33 bits per heavy atom. The normalized spacial score (nSPS) is 10.6. The molecule has 0 saturated heterocycles. The molecule has 0 fully saturated rings. The second-order valence-electron chi connectivity index (χ2n) is 4.52. The lowest BCUT2D eigenvalue weighted by atomic mass is 10.0. The first kappa shape index (κ1) is 16.3. The molecule has 0 bridgehead atoms. The number of aliphatic carboxylic acids is 1. The molecule has 0 aromatic carbocycles. The molecule has 0 rings (SSSR count). The number of carbonyl (C=O) groups is 2. The standard InChI is InChI=1S/C13H22N2O3/c1-6-9-14(10-7-2)12(18)15(8-3)13(4,5)11(16)17/h1H,7-10H2,2-5H3,(H,16,17). The van der Waals surface area contributed by atoms with Crippen molar-refractivity contribution in [1.82, 2.24) is 9.80 Å². The number of rotatable bonds is 6. The Morgan fingerprint density at radius 2 is 1.89 bits per heavy atom. The van der Waals surface area contributed by atoms with Gasteiger partial charge in [0.25, 0.3) is 0 Å². The van der Waals surface area contributed by atoms with Crippen LogP contribution in [-0.2, 0) is 4.79 Å². The zero-order chi connectivity index (χ0) is 14.3. The maximum atomic E-state index is 12.3. The predicted octanol–water partition coefficient (Wildman–Crippen LogP) is 1.64. The number of carboxylic acids is 1. The van der Waals surface area contributed by atoms with E-state index in [0.717, 1.165) is 6.42 Å². The van der Waals surface area contributed by atoms with Gasteiger partial charge < -0.3 is 14.9 Å². The highest BCUT2D eigenvalue weighted by atomic mass is 16.4. The van der Waals surface area contributed by atoms with Crippen LogP contribution in [0.3, 0.4) is 0 Å². The van der Waals surface area contributed by atoms with Crippen molar-refractivity contribution in [2.24, 2.45) is 0 Å². The summed E-state index contributed by atoms with van der Waals surface area (Å²) in [6.07, 6.45) is 6.01. The zero-order valence-corrected chi connectivity index (χ0v) is 11.6. The fourth-order valence-corrected chi connectivity index (χ4v) is 1.68. The smallest absolute Gasteiger partial charge is 0.329 e. The average molecular weight is 254 g/mol. The van der Waals surface area contributed by atoms with E-state index in [4.69, 9.17) is 6.42 Å². The van der Waals surface area contributed by atoms with Gasteiger partial charge in [0.15, 0.2) is 0 Å². The van der Waals surface area contributed by atoms with E-state index in [0.29, 0.717) is 13.1 Å². The van der Waals surface area contributed by atoms with Gasteiger partial charge in [-0.25, -0.2) is 9.59 Å². The lowest BCUT2D eigenvalue weighted by molar-refractivity contribution is -0.147. The molecule has 1 N–H and O–H groups in total. The molecule has 0 aliphatic heterocycles. The number of urea groups is 1. The molecular weight excluding hydrogens is 232 g/mol. The van der Waals surface area contributed by atoms with Crippen LogP contribution < -0.4 is 0 Å². The second kappa shape index (κ2) is 6.90. The number of terminal acetylenes is 1. The minimum absolute atomic E-state index is 0.193. The molecule has 5 heteroatoms. The van der Waals surface area contributed by atoms with Crippen molar-refractivity contribution in [2.75, 3.05) is 19.6 Å². The molecule has 5 nitrogen and oxygen atoms in total. The molecule has 0 heterocycles. The Balaban J connectivity index is 5.11. The number of nitrogens with zero attached hydrogens (tertiary/aromatic N) is 2. The molecule has 0 radical (unpaired) electrons. The molecule has 0 aromatic heterocycles. The van der Waals surface area contributed by atoms with Gasteiger partial charge in [0.05, 0.1) is 6.54 Å². The lowest BCUT2D eigenvalue weighted by Gasteiger charge is -2.37. The van der Waals surface area contributed by atoms with Crippen molar-refractivity contribution < 1.29 is 14.7 Å². The van der Waals surface area contributed by atoms with E-state index in [2.05, 4.69) is 5.92 Å². The molecule has 2 amide bonds. The fraction of sp³-hybridized carbons (Fsp3) is 0.692. The number of carboxylic acid groups (broad SMARTS) is 1. The summed E-state index contributed by atoms with van der Waals surface area (Å²) in [6, 6.07) is -0.329. The van der Waals surface area contributed by atoms with Gasteiger partial charge in [-0.05, 0) is 27.2 Å². The highest BCUT2D eigenvalue weighted by molar-refractivity contribution is 5.85. The topological polar surface area (TPSA) is 60.9 Å². The van der Waals surface area contributed by atoms with Gasteiger partial charge in [-0.2, -0.15) is 0 Å². The fourth-order valence-electron chi connectivity index (χ4n) is 1.68. The molecule has 0 spiro atoms. The van der Waals surface area contributed by atoms with Crippen LogP contribution >= 0.6 is 0 Å². The molecule has 0 aromatic rings. The minimum atomic E-state index is -1.24. The lowest BCUT2D eigenvalue weighted by Crippen LogP contribution is -2.57. The van der Waals surface area contributed by atoms with Gasteiger partial charge in [-0.3, -0.25) is 0 Å². The third kappa shape index (κ3) is 3.66. The first-order valence-electron chi connectivity index (χ1n) is 6.06. The Labute approximate surface area is 109 Å². The Morgan fingerprint density at radius 3 is 2.22 bits per heavy atom. The summed E-state index contributed by atoms with van der Waals surface area (Å²) in [7, 11) is 0.